The molecule has 1 aromatic carbocycles. The van der Waals surface area contributed by atoms with Gasteiger partial charge in [-0.15, -0.1) is 0 Å². The molecular weight excluding hydrogens is 288 g/mol. The van der Waals surface area contributed by atoms with Crippen LogP contribution in [0.15, 0.2) is 35.2 Å². The Kier molecular flexibility index (Phi) is 3.91. The van der Waals surface area contributed by atoms with Crippen LogP contribution in [0.25, 0.3) is 0 Å². The number of rotatable bonds is 3. The van der Waals surface area contributed by atoms with Gasteiger partial charge in [-0.25, -0.2) is 13.1 Å². The van der Waals surface area contributed by atoms with E-state index in [4.69, 9.17) is 0 Å². The van der Waals surface area contributed by atoms with E-state index in [1.54, 1.807) is 42.8 Å². The van der Waals surface area contributed by atoms with Gasteiger partial charge >= 0.3 is 0 Å². The molecule has 0 aliphatic carbocycles. The zero-order chi connectivity index (χ0) is 15.8. The van der Waals surface area contributed by atoms with Crippen molar-refractivity contribution in [3.05, 3.63) is 52.8 Å². The number of carbonyl (C=O) groups excluding carboxylic acids is 1. The van der Waals surface area contributed by atoms with Crippen molar-refractivity contribution in [2.45, 2.75) is 25.7 Å². The highest BCUT2D eigenvalue weighted by atomic mass is 32.2. The van der Waals surface area contributed by atoms with E-state index in [-0.39, 0.29) is 4.90 Å². The third kappa shape index (κ3) is 3.00. The Hall–Kier alpha value is -2.08. The molecule has 0 atom stereocenters. The normalized spacial score (nSPS) is 11.4. The van der Waals surface area contributed by atoms with Crippen LogP contribution in [0.1, 0.15) is 27.3 Å². The summed E-state index contributed by atoms with van der Waals surface area (Å²) >= 11 is 0. The third-order valence-corrected chi connectivity index (χ3v) is 4.94. The number of hydrogen-bond donors (Lipinski definition) is 1. The van der Waals surface area contributed by atoms with Crippen molar-refractivity contribution in [1.82, 2.24) is 9.29 Å². The van der Waals surface area contributed by atoms with Gasteiger partial charge < -0.3 is 4.57 Å². The lowest BCUT2D eigenvalue weighted by molar-refractivity contribution is 0.0973. The number of hydrogen-bond acceptors (Lipinski definition) is 3. The summed E-state index contributed by atoms with van der Waals surface area (Å²) in [7, 11) is -2.16. The molecule has 1 N–H and O–H groups in total. The summed E-state index contributed by atoms with van der Waals surface area (Å²) in [6.07, 6.45) is 0. The van der Waals surface area contributed by atoms with Crippen molar-refractivity contribution < 1.29 is 13.2 Å². The molecule has 1 aromatic heterocycles. The number of nitrogens with one attached hydrogen (secondary N) is 1. The van der Waals surface area contributed by atoms with E-state index in [2.05, 4.69) is 4.72 Å². The number of carbonyl (C=O) groups is 1. The van der Waals surface area contributed by atoms with Crippen molar-refractivity contribution in [3.8, 4) is 0 Å². The molecule has 112 valence electrons. The lowest BCUT2D eigenvalue weighted by Crippen LogP contribution is -2.32. The van der Waals surface area contributed by atoms with Gasteiger partial charge in [0.25, 0.3) is 15.9 Å². The zero-order valence-electron chi connectivity index (χ0n) is 12.5. The average molecular weight is 306 g/mol. The molecule has 0 unspecified atom stereocenters. The second-order valence-corrected chi connectivity index (χ2v) is 6.77. The van der Waals surface area contributed by atoms with Crippen LogP contribution >= 0.6 is 0 Å². The highest BCUT2D eigenvalue weighted by Gasteiger charge is 2.22. The highest BCUT2D eigenvalue weighted by Crippen LogP contribution is 2.17. The van der Waals surface area contributed by atoms with E-state index < -0.39 is 15.9 Å². The molecule has 2 rings (SSSR count). The molecule has 0 radical (unpaired) electrons. The molecule has 1 amide bonds. The van der Waals surface area contributed by atoms with E-state index in [0.29, 0.717) is 11.3 Å². The highest BCUT2D eigenvalue weighted by molar-refractivity contribution is 7.90. The van der Waals surface area contributed by atoms with Crippen LogP contribution in [-0.2, 0) is 17.1 Å². The molecule has 0 fully saturated rings. The van der Waals surface area contributed by atoms with Crippen molar-refractivity contribution in [3.63, 3.8) is 0 Å². The van der Waals surface area contributed by atoms with Gasteiger partial charge in [0.15, 0.2) is 0 Å². The average Bonchev–Trinajstić information content (AvgIpc) is 2.68. The standard InChI is InChI=1S/C15H18N2O3S/c1-10-5-8-14(11(2)9-10)21(19,20)16-15(18)13-7-6-12(3)17(13)4/h5-9H,1-4H3,(H,16,18). The van der Waals surface area contributed by atoms with Gasteiger partial charge in [0, 0.05) is 12.7 Å². The maximum Gasteiger partial charge on any atom is 0.281 e. The largest absolute Gasteiger partial charge is 0.344 e. The van der Waals surface area contributed by atoms with Gasteiger partial charge in [-0.2, -0.15) is 0 Å². The molecule has 5 nitrogen and oxygen atoms in total. The summed E-state index contributed by atoms with van der Waals surface area (Å²) in [5.41, 5.74) is 2.76. The van der Waals surface area contributed by atoms with E-state index >= 15 is 0 Å². The molecule has 21 heavy (non-hydrogen) atoms. The Labute approximate surface area is 124 Å². The molecule has 0 spiro atoms. The smallest absolute Gasteiger partial charge is 0.281 e. The molecule has 6 heteroatoms. The summed E-state index contributed by atoms with van der Waals surface area (Å²) in [4.78, 5) is 12.3. The van der Waals surface area contributed by atoms with Crippen LogP contribution in [0, 0.1) is 20.8 Å². The SMILES string of the molecule is Cc1ccc(S(=O)(=O)NC(=O)c2ccc(C)n2C)c(C)c1. The summed E-state index contributed by atoms with van der Waals surface area (Å²) in [6.45, 7) is 5.43. The summed E-state index contributed by atoms with van der Waals surface area (Å²) in [6, 6.07) is 8.35. The van der Waals surface area contributed by atoms with E-state index in [1.807, 2.05) is 13.8 Å². The first kappa shape index (κ1) is 15.3. The van der Waals surface area contributed by atoms with Gasteiger partial charge in [-0.3, -0.25) is 4.79 Å². The van der Waals surface area contributed by atoms with Gasteiger partial charge in [0.05, 0.1) is 4.90 Å². The Morgan fingerprint density at radius 3 is 2.29 bits per heavy atom. The monoisotopic (exact) mass is 306 g/mol. The lowest BCUT2D eigenvalue weighted by atomic mass is 10.2. The maximum atomic E-state index is 12.3. The fourth-order valence-electron chi connectivity index (χ4n) is 2.17. The van der Waals surface area contributed by atoms with Crippen LogP contribution in [-0.4, -0.2) is 18.9 Å². The lowest BCUT2D eigenvalue weighted by Gasteiger charge is -2.10. The first-order chi connectivity index (χ1) is 9.72. The summed E-state index contributed by atoms with van der Waals surface area (Å²) in [5, 5.41) is 0. The van der Waals surface area contributed by atoms with Crippen LogP contribution < -0.4 is 4.72 Å². The third-order valence-electron chi connectivity index (χ3n) is 3.45. The second-order valence-electron chi connectivity index (χ2n) is 5.12. The molecule has 1 heterocycles. The topological polar surface area (TPSA) is 68.2 Å². The quantitative estimate of drug-likeness (QED) is 0.944. The van der Waals surface area contributed by atoms with Crippen molar-refractivity contribution in [1.29, 1.82) is 0 Å². The Morgan fingerprint density at radius 1 is 1.10 bits per heavy atom. The zero-order valence-corrected chi connectivity index (χ0v) is 13.3. The number of aromatic nitrogens is 1. The maximum absolute atomic E-state index is 12.3. The van der Waals surface area contributed by atoms with Crippen LogP contribution in [0.3, 0.4) is 0 Å². The van der Waals surface area contributed by atoms with Gasteiger partial charge in [0.1, 0.15) is 5.69 Å². The van der Waals surface area contributed by atoms with Crippen LogP contribution in [0.2, 0.25) is 0 Å². The van der Waals surface area contributed by atoms with Gasteiger partial charge in [0.2, 0.25) is 0 Å². The molecule has 0 aliphatic rings. The number of nitrogens with zero attached hydrogens (tertiary/aromatic N) is 1. The number of benzene rings is 1. The first-order valence-electron chi connectivity index (χ1n) is 6.49. The number of aryl methyl sites for hydroxylation is 3. The number of sulfonamides is 1. The molecular formula is C15H18N2O3S. The van der Waals surface area contributed by atoms with Crippen molar-refractivity contribution >= 4 is 15.9 Å². The minimum absolute atomic E-state index is 0.118. The fourth-order valence-corrected chi connectivity index (χ4v) is 3.36. The molecule has 0 bridgehead atoms. The molecule has 0 aliphatic heterocycles. The Morgan fingerprint density at radius 2 is 1.76 bits per heavy atom. The Bertz CT molecular complexity index is 804. The molecule has 2 aromatic rings. The van der Waals surface area contributed by atoms with Gasteiger partial charge in [-0.05, 0) is 44.5 Å². The first-order valence-corrected chi connectivity index (χ1v) is 7.97. The second kappa shape index (κ2) is 5.37. The number of amides is 1. The predicted octanol–water partition coefficient (Wildman–Crippen LogP) is 2.07. The Balaban J connectivity index is 2.33. The van der Waals surface area contributed by atoms with E-state index in [9.17, 15) is 13.2 Å². The fraction of sp³-hybridized carbons (Fsp3) is 0.267. The minimum atomic E-state index is -3.88. The molecule has 0 saturated heterocycles. The predicted molar refractivity (Wildman–Crippen MR) is 80.7 cm³/mol. The van der Waals surface area contributed by atoms with Crippen LogP contribution in [0.4, 0.5) is 0 Å². The summed E-state index contributed by atoms with van der Waals surface area (Å²) in [5.74, 6) is -0.634. The van der Waals surface area contributed by atoms with Gasteiger partial charge in [-0.1, -0.05) is 17.7 Å². The summed E-state index contributed by atoms with van der Waals surface area (Å²) < 4.78 is 28.4. The molecule has 0 saturated carbocycles. The minimum Gasteiger partial charge on any atom is -0.344 e. The van der Waals surface area contributed by atoms with Crippen molar-refractivity contribution in [2.75, 3.05) is 0 Å². The van der Waals surface area contributed by atoms with E-state index in [1.165, 1.54) is 6.07 Å². The van der Waals surface area contributed by atoms with Crippen molar-refractivity contribution in [2.24, 2.45) is 7.05 Å². The van der Waals surface area contributed by atoms with Crippen LogP contribution in [0.5, 0.6) is 0 Å². The van der Waals surface area contributed by atoms with E-state index in [0.717, 1.165) is 11.3 Å².